The van der Waals surface area contributed by atoms with Gasteiger partial charge in [-0.1, -0.05) is 0 Å². The quantitative estimate of drug-likeness (QED) is 0.668. The number of ether oxygens (including phenoxy) is 1. The lowest BCUT2D eigenvalue weighted by atomic mass is 10.1. The minimum atomic E-state index is -6.11. The first-order chi connectivity index (χ1) is 11.0. The summed E-state index contributed by atoms with van der Waals surface area (Å²) >= 11 is 0. The highest BCUT2D eigenvalue weighted by Crippen LogP contribution is 2.48. The number of hydrogen-bond donors (Lipinski definition) is 1. The van der Waals surface area contributed by atoms with Crippen LogP contribution in [-0.4, -0.2) is 54.5 Å². The van der Waals surface area contributed by atoms with Gasteiger partial charge in [-0.15, -0.1) is 0 Å². The molecule has 18 heteroatoms. The SMILES string of the molecule is COC(F)(F)C(C(F)(F)F)C(F)(F)F.O.O=C(O)C(C(F)(F)F)C(F)(F)F. The molecule has 0 aliphatic rings. The van der Waals surface area contributed by atoms with E-state index in [0.717, 1.165) is 0 Å². The highest BCUT2D eigenvalue weighted by atomic mass is 19.4. The van der Waals surface area contributed by atoms with Crippen LogP contribution in [0.3, 0.4) is 0 Å². The summed E-state index contributed by atoms with van der Waals surface area (Å²) in [4.78, 5) is 9.55. The van der Waals surface area contributed by atoms with Gasteiger partial charge in [-0.2, -0.15) is 61.5 Å². The van der Waals surface area contributed by atoms with Gasteiger partial charge in [0.25, 0.3) is 0 Å². The van der Waals surface area contributed by atoms with Gasteiger partial charge in [-0.25, -0.2) is 0 Å². The number of carboxylic acid groups (broad SMARTS) is 1. The van der Waals surface area contributed by atoms with Crippen LogP contribution in [0.4, 0.5) is 61.5 Å². The third-order valence-corrected chi connectivity index (χ3v) is 2.16. The van der Waals surface area contributed by atoms with E-state index in [4.69, 9.17) is 5.11 Å². The summed E-state index contributed by atoms with van der Waals surface area (Å²) in [6.07, 6.45) is -29.2. The lowest BCUT2D eigenvalue weighted by molar-refractivity contribution is -0.393. The van der Waals surface area contributed by atoms with Crippen molar-refractivity contribution < 1.29 is 81.6 Å². The van der Waals surface area contributed by atoms with E-state index in [-0.39, 0.29) is 12.6 Å². The Hall–Kier alpha value is -1.59. The van der Waals surface area contributed by atoms with Crippen LogP contribution in [0.1, 0.15) is 0 Å². The van der Waals surface area contributed by atoms with Crippen LogP contribution in [0, 0.1) is 11.8 Å². The number of alkyl halides is 14. The van der Waals surface area contributed by atoms with Crippen molar-refractivity contribution in [2.45, 2.75) is 30.8 Å². The Bertz CT molecular complexity index is 431. The second-order valence-corrected chi connectivity index (χ2v) is 4.14. The molecular formula is C9H8F14O4. The fourth-order valence-corrected chi connectivity index (χ4v) is 1.15. The van der Waals surface area contributed by atoms with Crippen LogP contribution < -0.4 is 0 Å². The predicted octanol–water partition coefficient (Wildman–Crippen LogP) is 3.95. The highest BCUT2D eigenvalue weighted by molar-refractivity contribution is 5.71. The molecule has 0 heterocycles. The van der Waals surface area contributed by atoms with E-state index in [1.807, 2.05) is 0 Å². The molecule has 0 saturated heterocycles. The maximum Gasteiger partial charge on any atom is 0.411 e. The number of hydrogen-bond acceptors (Lipinski definition) is 2. The van der Waals surface area contributed by atoms with Crippen LogP contribution in [-0.2, 0) is 9.53 Å². The Labute approximate surface area is 139 Å². The van der Waals surface area contributed by atoms with E-state index in [0.29, 0.717) is 0 Å². The fourth-order valence-electron chi connectivity index (χ4n) is 1.15. The molecule has 0 amide bonds. The molecular weight excluding hydrogens is 438 g/mol. The summed E-state index contributed by atoms with van der Waals surface area (Å²) in [5.74, 6) is -12.1. The summed E-state index contributed by atoms with van der Waals surface area (Å²) in [5, 5.41) is 7.60. The van der Waals surface area contributed by atoms with Gasteiger partial charge in [-0.3, -0.25) is 4.79 Å². The molecule has 0 radical (unpaired) electrons. The molecule has 0 aromatic heterocycles. The first-order valence-electron chi connectivity index (χ1n) is 5.42. The van der Waals surface area contributed by atoms with Crippen molar-refractivity contribution in [1.82, 2.24) is 0 Å². The number of methoxy groups -OCH3 is 1. The smallest absolute Gasteiger partial charge is 0.411 e. The van der Waals surface area contributed by atoms with Crippen LogP contribution in [0.2, 0.25) is 0 Å². The predicted molar refractivity (Wildman–Crippen MR) is 54.4 cm³/mol. The van der Waals surface area contributed by atoms with E-state index >= 15 is 0 Å². The Morgan fingerprint density at radius 3 is 1.00 bits per heavy atom. The van der Waals surface area contributed by atoms with Crippen LogP contribution in [0.5, 0.6) is 0 Å². The fraction of sp³-hybridized carbons (Fsp3) is 0.889. The van der Waals surface area contributed by atoms with Crippen molar-refractivity contribution in [3.8, 4) is 0 Å². The van der Waals surface area contributed by atoms with Gasteiger partial charge in [0.05, 0.1) is 0 Å². The monoisotopic (exact) mass is 446 g/mol. The number of carbonyl (C=O) groups is 1. The van der Waals surface area contributed by atoms with Crippen molar-refractivity contribution >= 4 is 5.97 Å². The molecule has 0 spiro atoms. The van der Waals surface area contributed by atoms with Gasteiger partial charge in [0.2, 0.25) is 11.8 Å². The normalized spacial score (nSPS) is 13.8. The summed E-state index contributed by atoms with van der Waals surface area (Å²) < 4.78 is 165. The third kappa shape index (κ3) is 9.78. The molecule has 0 unspecified atom stereocenters. The van der Waals surface area contributed by atoms with Crippen molar-refractivity contribution in [3.05, 3.63) is 0 Å². The van der Waals surface area contributed by atoms with E-state index in [1.165, 1.54) is 0 Å². The second kappa shape index (κ2) is 9.07. The molecule has 0 atom stereocenters. The molecule has 3 N–H and O–H groups in total. The summed E-state index contributed by atoms with van der Waals surface area (Å²) in [6, 6.07) is 0. The van der Waals surface area contributed by atoms with Gasteiger partial charge < -0.3 is 15.3 Å². The van der Waals surface area contributed by atoms with Gasteiger partial charge in [-0.05, 0) is 0 Å². The Morgan fingerprint density at radius 1 is 0.704 bits per heavy atom. The van der Waals surface area contributed by atoms with Crippen LogP contribution >= 0.6 is 0 Å². The minimum absolute atomic E-state index is 0. The van der Waals surface area contributed by atoms with Crippen molar-refractivity contribution in [1.29, 1.82) is 0 Å². The number of halogens is 14. The van der Waals surface area contributed by atoms with Crippen LogP contribution in [0.25, 0.3) is 0 Å². The average Bonchev–Trinajstić information content (AvgIpc) is 2.18. The molecule has 4 nitrogen and oxygen atoms in total. The van der Waals surface area contributed by atoms with E-state index in [2.05, 4.69) is 4.74 Å². The zero-order valence-corrected chi connectivity index (χ0v) is 12.2. The number of aliphatic carboxylic acids is 1. The maximum absolute atomic E-state index is 12.1. The Morgan fingerprint density at radius 2 is 0.963 bits per heavy atom. The molecule has 0 rings (SSSR count). The zero-order valence-electron chi connectivity index (χ0n) is 12.2. The largest absolute Gasteiger partial charge is 0.481 e. The second-order valence-electron chi connectivity index (χ2n) is 4.14. The average molecular weight is 446 g/mol. The zero-order chi connectivity index (χ0) is 21.9. The Balaban J connectivity index is -0.000000416. The molecule has 0 bridgehead atoms. The van der Waals surface area contributed by atoms with Crippen LogP contribution in [0.15, 0.2) is 0 Å². The van der Waals surface area contributed by atoms with E-state index < -0.39 is 48.6 Å². The summed E-state index contributed by atoms with van der Waals surface area (Å²) in [5.41, 5.74) is 0. The lowest BCUT2D eigenvalue weighted by Crippen LogP contribution is -2.49. The third-order valence-electron chi connectivity index (χ3n) is 2.16. The first-order valence-corrected chi connectivity index (χ1v) is 5.42. The molecule has 0 aliphatic carbocycles. The molecule has 166 valence electrons. The molecule has 0 aromatic carbocycles. The lowest BCUT2D eigenvalue weighted by Gasteiger charge is -2.28. The van der Waals surface area contributed by atoms with Gasteiger partial charge in [0, 0.05) is 7.11 Å². The molecule has 0 fully saturated rings. The molecule has 0 aromatic rings. The summed E-state index contributed by atoms with van der Waals surface area (Å²) in [7, 11) is 0.0600. The van der Waals surface area contributed by atoms with Crippen molar-refractivity contribution in [2.75, 3.05) is 7.11 Å². The number of rotatable bonds is 3. The van der Waals surface area contributed by atoms with Gasteiger partial charge >= 0.3 is 36.8 Å². The Kier molecular flexibility index (Phi) is 10.1. The molecule has 0 aliphatic heterocycles. The summed E-state index contributed by atoms with van der Waals surface area (Å²) in [6.45, 7) is 0. The first kappa shape index (κ1) is 30.1. The standard InChI is InChI=1S/C5H4F8O.C4H2F6O2.H2O/c1-14-5(12,13)2(3(6,7)8)4(9,10)11;5-3(6,7)1(2(11)12)4(8,9)10;/h2H,1H3;1H,(H,11,12);1H2. The highest BCUT2D eigenvalue weighted by Gasteiger charge is 2.69. The van der Waals surface area contributed by atoms with E-state index in [1.54, 1.807) is 0 Å². The van der Waals surface area contributed by atoms with Crippen molar-refractivity contribution in [3.63, 3.8) is 0 Å². The van der Waals surface area contributed by atoms with Crippen molar-refractivity contribution in [2.24, 2.45) is 11.8 Å². The molecule has 27 heavy (non-hydrogen) atoms. The molecule has 0 saturated carbocycles. The van der Waals surface area contributed by atoms with Gasteiger partial charge in [0.15, 0.2) is 0 Å². The number of carboxylic acids is 1. The minimum Gasteiger partial charge on any atom is -0.481 e. The maximum atomic E-state index is 12.1. The van der Waals surface area contributed by atoms with Gasteiger partial charge in [0.1, 0.15) is 0 Å². The van der Waals surface area contributed by atoms with E-state index in [9.17, 15) is 66.3 Å². The topological polar surface area (TPSA) is 78.0 Å².